The molecule has 0 saturated carbocycles. The molecule has 1 aromatic rings. The van der Waals surface area contributed by atoms with Crippen LogP contribution in [0.1, 0.15) is 30.1 Å². The van der Waals surface area contributed by atoms with Crippen LogP contribution in [0.4, 0.5) is 5.69 Å². The van der Waals surface area contributed by atoms with Gasteiger partial charge in [0.05, 0.1) is 15.9 Å². The number of carbonyl (C=O) groups excluding carboxylic acids is 2. The Bertz CT molecular complexity index is 562. The minimum atomic E-state index is -0.619. The summed E-state index contributed by atoms with van der Waals surface area (Å²) in [5, 5.41) is 10.9. The second kappa shape index (κ2) is 7.72. The summed E-state index contributed by atoms with van der Waals surface area (Å²) in [5.41, 5.74) is 5.09. The summed E-state index contributed by atoms with van der Waals surface area (Å²) >= 11 is 3.06. The molecule has 0 heterocycles. The molecule has 0 aliphatic heterocycles. The lowest BCUT2D eigenvalue weighted by molar-refractivity contribution is -0.385. The molecule has 0 spiro atoms. The van der Waals surface area contributed by atoms with Crippen LogP contribution in [0.15, 0.2) is 22.7 Å². The van der Waals surface area contributed by atoms with Gasteiger partial charge in [0.25, 0.3) is 11.6 Å². The van der Waals surface area contributed by atoms with Gasteiger partial charge in [-0.3, -0.25) is 19.7 Å². The van der Waals surface area contributed by atoms with Gasteiger partial charge in [0, 0.05) is 18.2 Å². The number of primary amides is 1. The maximum Gasteiger partial charge on any atom is 0.284 e. The third kappa shape index (κ3) is 4.82. The predicted octanol–water partition coefficient (Wildman–Crippen LogP) is 2.08. The van der Waals surface area contributed by atoms with Gasteiger partial charge in [-0.2, -0.15) is 0 Å². The lowest BCUT2D eigenvalue weighted by atomic mass is 10.1. The van der Waals surface area contributed by atoms with Crippen molar-refractivity contribution in [1.29, 1.82) is 0 Å². The van der Waals surface area contributed by atoms with Crippen molar-refractivity contribution in [3.8, 4) is 0 Å². The van der Waals surface area contributed by atoms with Gasteiger partial charge in [-0.05, 0) is 34.5 Å². The number of nitro benzene ring substituents is 1. The zero-order valence-electron chi connectivity index (χ0n) is 11.5. The van der Waals surface area contributed by atoms with E-state index in [0.717, 1.165) is 12.8 Å². The van der Waals surface area contributed by atoms with Crippen molar-refractivity contribution in [2.24, 2.45) is 5.73 Å². The molecular weight excluding hydrogens is 342 g/mol. The molecule has 0 atom stereocenters. The summed E-state index contributed by atoms with van der Waals surface area (Å²) in [6.07, 6.45) is 1.57. The molecule has 2 amide bonds. The van der Waals surface area contributed by atoms with Crippen LogP contribution in [0, 0.1) is 10.1 Å². The van der Waals surface area contributed by atoms with Gasteiger partial charge < -0.3 is 10.6 Å². The molecule has 0 saturated heterocycles. The number of hydrogen-bond donors (Lipinski definition) is 1. The fourth-order valence-corrected chi connectivity index (χ4v) is 2.15. The predicted molar refractivity (Wildman–Crippen MR) is 80.8 cm³/mol. The van der Waals surface area contributed by atoms with E-state index in [2.05, 4.69) is 15.9 Å². The van der Waals surface area contributed by atoms with Crippen LogP contribution in [0.25, 0.3) is 0 Å². The van der Waals surface area contributed by atoms with Crippen molar-refractivity contribution in [1.82, 2.24) is 4.90 Å². The largest absolute Gasteiger partial charge is 0.368 e. The van der Waals surface area contributed by atoms with Crippen molar-refractivity contribution >= 4 is 33.4 Å². The first-order chi connectivity index (χ1) is 9.86. The molecule has 8 heteroatoms. The van der Waals surface area contributed by atoms with Gasteiger partial charge >= 0.3 is 0 Å². The normalized spacial score (nSPS) is 10.2. The number of unbranched alkanes of at least 4 members (excludes halogenated alkanes) is 1. The Kier molecular flexibility index (Phi) is 6.29. The number of nitrogens with two attached hydrogens (primary N) is 1. The second-order valence-corrected chi connectivity index (χ2v) is 5.32. The van der Waals surface area contributed by atoms with Gasteiger partial charge in [-0.1, -0.05) is 13.3 Å². The maximum atomic E-state index is 12.4. The van der Waals surface area contributed by atoms with E-state index in [-0.39, 0.29) is 17.8 Å². The molecule has 1 aromatic carbocycles. The Morgan fingerprint density at radius 1 is 1.43 bits per heavy atom. The van der Waals surface area contributed by atoms with Crippen LogP contribution in [-0.4, -0.2) is 34.7 Å². The minimum Gasteiger partial charge on any atom is -0.368 e. The summed E-state index contributed by atoms with van der Waals surface area (Å²) in [4.78, 5) is 35.0. The monoisotopic (exact) mass is 357 g/mol. The molecule has 0 radical (unpaired) electrons. The minimum absolute atomic E-state index is 0.155. The average Bonchev–Trinajstić information content (AvgIpc) is 2.42. The summed E-state index contributed by atoms with van der Waals surface area (Å²) in [5.74, 6) is -1.07. The fraction of sp³-hybridized carbons (Fsp3) is 0.385. The van der Waals surface area contributed by atoms with Crippen molar-refractivity contribution in [3.05, 3.63) is 38.3 Å². The van der Waals surface area contributed by atoms with Crippen LogP contribution in [0.3, 0.4) is 0 Å². The number of hydrogen-bond acceptors (Lipinski definition) is 4. The molecule has 1 rings (SSSR count). The van der Waals surface area contributed by atoms with Gasteiger partial charge in [0.2, 0.25) is 5.91 Å². The highest BCUT2D eigenvalue weighted by atomic mass is 79.9. The molecule has 0 aromatic heterocycles. The van der Waals surface area contributed by atoms with E-state index in [1.165, 1.54) is 23.1 Å². The van der Waals surface area contributed by atoms with Crippen molar-refractivity contribution < 1.29 is 14.5 Å². The first-order valence-electron chi connectivity index (χ1n) is 6.38. The van der Waals surface area contributed by atoms with E-state index in [1.807, 2.05) is 6.92 Å². The highest BCUT2D eigenvalue weighted by Crippen LogP contribution is 2.26. The number of carbonyl (C=O) groups is 2. The molecule has 0 aliphatic rings. The van der Waals surface area contributed by atoms with Crippen LogP contribution in [-0.2, 0) is 4.79 Å². The van der Waals surface area contributed by atoms with Gasteiger partial charge in [-0.15, -0.1) is 0 Å². The van der Waals surface area contributed by atoms with Gasteiger partial charge in [0.15, 0.2) is 0 Å². The molecule has 21 heavy (non-hydrogen) atoms. The van der Waals surface area contributed by atoms with Crippen molar-refractivity contribution in [2.75, 3.05) is 13.1 Å². The molecule has 0 fully saturated rings. The Morgan fingerprint density at radius 3 is 2.62 bits per heavy atom. The Balaban J connectivity index is 3.05. The van der Waals surface area contributed by atoms with Gasteiger partial charge in [0.1, 0.15) is 0 Å². The Hall–Kier alpha value is -1.96. The zero-order chi connectivity index (χ0) is 16.0. The molecule has 0 aliphatic carbocycles. The number of nitrogens with zero attached hydrogens (tertiary/aromatic N) is 2. The third-order valence-electron chi connectivity index (χ3n) is 2.81. The van der Waals surface area contributed by atoms with Crippen LogP contribution in [0.2, 0.25) is 0 Å². The maximum absolute atomic E-state index is 12.4. The quantitative estimate of drug-likeness (QED) is 0.595. The summed E-state index contributed by atoms with van der Waals surface area (Å²) in [6, 6.07) is 4.10. The molecule has 0 bridgehead atoms. The highest BCUT2D eigenvalue weighted by Gasteiger charge is 2.21. The van der Waals surface area contributed by atoms with E-state index in [9.17, 15) is 19.7 Å². The molecule has 114 valence electrons. The van der Waals surface area contributed by atoms with Crippen LogP contribution in [0.5, 0.6) is 0 Å². The molecular formula is C13H16BrN3O4. The standard InChI is InChI=1S/C13H16BrN3O4/c1-2-3-6-16(8-12(15)18)13(19)9-4-5-10(14)11(7-9)17(20)21/h4-5,7H,2-3,6,8H2,1H3,(H2,15,18). The number of amides is 2. The summed E-state index contributed by atoms with van der Waals surface area (Å²) < 4.78 is 0.291. The van der Waals surface area contributed by atoms with Crippen molar-refractivity contribution in [2.45, 2.75) is 19.8 Å². The Labute approximate surface area is 130 Å². The fourth-order valence-electron chi connectivity index (χ4n) is 1.76. The van der Waals surface area contributed by atoms with Crippen molar-refractivity contribution in [3.63, 3.8) is 0 Å². The number of halogens is 1. The van der Waals surface area contributed by atoms with E-state index in [4.69, 9.17) is 5.73 Å². The molecule has 2 N–H and O–H groups in total. The van der Waals surface area contributed by atoms with Crippen LogP contribution >= 0.6 is 15.9 Å². The smallest absolute Gasteiger partial charge is 0.284 e. The lowest BCUT2D eigenvalue weighted by Crippen LogP contribution is -2.39. The third-order valence-corrected chi connectivity index (χ3v) is 3.48. The van der Waals surface area contributed by atoms with E-state index in [0.29, 0.717) is 11.0 Å². The number of benzene rings is 1. The second-order valence-electron chi connectivity index (χ2n) is 4.47. The topological polar surface area (TPSA) is 107 Å². The number of nitro groups is 1. The summed E-state index contributed by atoms with van der Waals surface area (Å²) in [6.45, 7) is 2.13. The molecule has 0 unspecified atom stereocenters. The van der Waals surface area contributed by atoms with E-state index in [1.54, 1.807) is 0 Å². The van der Waals surface area contributed by atoms with E-state index < -0.39 is 16.7 Å². The molecule has 7 nitrogen and oxygen atoms in total. The Morgan fingerprint density at radius 2 is 2.10 bits per heavy atom. The summed E-state index contributed by atoms with van der Waals surface area (Å²) in [7, 11) is 0. The SMILES string of the molecule is CCCCN(CC(N)=O)C(=O)c1ccc(Br)c([N+](=O)[O-])c1. The van der Waals surface area contributed by atoms with Crippen LogP contribution < -0.4 is 5.73 Å². The first kappa shape index (κ1) is 17.1. The highest BCUT2D eigenvalue weighted by molar-refractivity contribution is 9.10. The first-order valence-corrected chi connectivity index (χ1v) is 7.17. The van der Waals surface area contributed by atoms with Gasteiger partial charge in [-0.25, -0.2) is 0 Å². The zero-order valence-corrected chi connectivity index (χ0v) is 13.1. The average molecular weight is 358 g/mol. The van der Waals surface area contributed by atoms with E-state index >= 15 is 0 Å². The number of rotatable bonds is 7. The lowest BCUT2D eigenvalue weighted by Gasteiger charge is -2.21.